The van der Waals surface area contributed by atoms with Gasteiger partial charge < -0.3 is 20.7 Å². The van der Waals surface area contributed by atoms with Gasteiger partial charge in [-0.1, -0.05) is 0 Å². The minimum absolute atomic E-state index is 0.00403. The molecule has 0 saturated heterocycles. The number of rotatable bonds is 4. The van der Waals surface area contributed by atoms with Crippen LogP contribution in [0.1, 0.15) is 17.3 Å². The zero-order valence-electron chi connectivity index (χ0n) is 8.30. The van der Waals surface area contributed by atoms with E-state index in [0.29, 0.717) is 5.69 Å². The van der Waals surface area contributed by atoms with E-state index in [1.54, 1.807) is 13.0 Å². The quantitative estimate of drug-likeness (QED) is 0.638. The predicted octanol–water partition coefficient (Wildman–Crippen LogP) is 0.727. The van der Waals surface area contributed by atoms with E-state index in [2.05, 4.69) is 0 Å². The Hall–Kier alpha value is -1.75. The van der Waals surface area contributed by atoms with Crippen LogP contribution >= 0.6 is 0 Å². The molecule has 0 fully saturated rings. The van der Waals surface area contributed by atoms with Crippen LogP contribution in [0.25, 0.3) is 0 Å². The third-order valence-electron chi connectivity index (χ3n) is 1.71. The number of aromatic carboxylic acids is 1. The molecule has 1 atom stereocenters. The molecule has 1 aromatic carbocycles. The maximum atomic E-state index is 10.8. The van der Waals surface area contributed by atoms with E-state index in [1.165, 1.54) is 12.1 Å². The van der Waals surface area contributed by atoms with Gasteiger partial charge in [0.15, 0.2) is 0 Å². The topological polar surface area (TPSA) is 92.8 Å². The minimum Gasteiger partial charge on any atom is -0.490 e. The van der Waals surface area contributed by atoms with E-state index in [1.807, 2.05) is 0 Å². The van der Waals surface area contributed by atoms with Crippen LogP contribution < -0.4 is 10.5 Å². The summed E-state index contributed by atoms with van der Waals surface area (Å²) in [6, 6.07) is 4.34. The van der Waals surface area contributed by atoms with Crippen molar-refractivity contribution in [1.29, 1.82) is 0 Å². The summed E-state index contributed by atoms with van der Waals surface area (Å²) >= 11 is 0. The van der Waals surface area contributed by atoms with E-state index in [4.69, 9.17) is 20.7 Å². The smallest absolute Gasteiger partial charge is 0.339 e. The summed E-state index contributed by atoms with van der Waals surface area (Å²) in [6.45, 7) is 1.60. The van der Waals surface area contributed by atoms with Gasteiger partial charge in [0.25, 0.3) is 0 Å². The highest BCUT2D eigenvalue weighted by atomic mass is 16.5. The number of carboxylic acids is 1. The molecule has 0 heterocycles. The molecule has 0 amide bonds. The first-order valence-corrected chi connectivity index (χ1v) is 4.44. The van der Waals surface area contributed by atoms with E-state index in [9.17, 15) is 4.79 Å². The van der Waals surface area contributed by atoms with E-state index in [-0.39, 0.29) is 17.9 Å². The predicted molar refractivity (Wildman–Crippen MR) is 55.0 cm³/mol. The van der Waals surface area contributed by atoms with Gasteiger partial charge in [-0.05, 0) is 25.1 Å². The average molecular weight is 211 g/mol. The molecule has 0 saturated carbocycles. The minimum atomic E-state index is -1.11. The lowest BCUT2D eigenvalue weighted by Gasteiger charge is -2.10. The molecule has 0 spiro atoms. The Morgan fingerprint density at radius 1 is 1.60 bits per heavy atom. The van der Waals surface area contributed by atoms with Crippen molar-refractivity contribution in [2.75, 3.05) is 12.3 Å². The van der Waals surface area contributed by atoms with Gasteiger partial charge >= 0.3 is 5.97 Å². The highest BCUT2D eigenvalue weighted by Crippen LogP contribution is 2.21. The van der Waals surface area contributed by atoms with Gasteiger partial charge in [0, 0.05) is 5.69 Å². The molecule has 5 nitrogen and oxygen atoms in total. The van der Waals surface area contributed by atoms with Gasteiger partial charge in [-0.25, -0.2) is 4.79 Å². The zero-order valence-corrected chi connectivity index (χ0v) is 8.30. The monoisotopic (exact) mass is 211 g/mol. The summed E-state index contributed by atoms with van der Waals surface area (Å²) < 4.78 is 5.13. The van der Waals surface area contributed by atoms with Crippen LogP contribution in [0, 0.1) is 0 Å². The van der Waals surface area contributed by atoms with Crippen molar-refractivity contribution in [3.05, 3.63) is 23.8 Å². The van der Waals surface area contributed by atoms with Gasteiger partial charge in [0.1, 0.15) is 17.9 Å². The molecule has 15 heavy (non-hydrogen) atoms. The molecule has 0 aliphatic rings. The third-order valence-corrected chi connectivity index (χ3v) is 1.71. The number of hydrogen-bond donors (Lipinski definition) is 3. The van der Waals surface area contributed by atoms with Crippen molar-refractivity contribution in [2.24, 2.45) is 0 Å². The molecule has 0 bridgehead atoms. The fraction of sp³-hybridized carbons (Fsp3) is 0.300. The van der Waals surface area contributed by atoms with Crippen molar-refractivity contribution in [3.8, 4) is 5.75 Å². The van der Waals surface area contributed by atoms with Crippen LogP contribution in [0.2, 0.25) is 0 Å². The number of hydrogen-bond acceptors (Lipinski definition) is 4. The van der Waals surface area contributed by atoms with E-state index < -0.39 is 12.1 Å². The summed E-state index contributed by atoms with van der Waals surface area (Å²) in [5.74, 6) is -0.902. The molecule has 82 valence electrons. The van der Waals surface area contributed by atoms with Crippen LogP contribution in [0.15, 0.2) is 18.2 Å². The summed E-state index contributed by atoms with van der Waals surface area (Å²) in [7, 11) is 0. The van der Waals surface area contributed by atoms with Crippen LogP contribution in [0.3, 0.4) is 0 Å². The van der Waals surface area contributed by atoms with Crippen LogP contribution in [-0.2, 0) is 0 Å². The van der Waals surface area contributed by atoms with Gasteiger partial charge in [-0.2, -0.15) is 0 Å². The number of anilines is 1. The SMILES string of the molecule is CC(O)COc1ccc(N)cc1C(=O)O. The molecule has 0 aliphatic carbocycles. The van der Waals surface area contributed by atoms with Gasteiger partial charge in [-0.3, -0.25) is 0 Å². The Morgan fingerprint density at radius 2 is 2.27 bits per heavy atom. The Morgan fingerprint density at radius 3 is 2.80 bits per heavy atom. The highest BCUT2D eigenvalue weighted by molar-refractivity contribution is 5.92. The van der Waals surface area contributed by atoms with Crippen molar-refractivity contribution in [2.45, 2.75) is 13.0 Å². The fourth-order valence-corrected chi connectivity index (χ4v) is 1.05. The average Bonchev–Trinajstić information content (AvgIpc) is 2.15. The second kappa shape index (κ2) is 4.65. The Labute approximate surface area is 87.1 Å². The van der Waals surface area contributed by atoms with Gasteiger partial charge in [0.05, 0.1) is 6.10 Å². The summed E-state index contributed by atoms with van der Waals surface area (Å²) in [4.78, 5) is 10.8. The number of carbonyl (C=O) groups is 1. The third kappa shape index (κ3) is 3.14. The lowest BCUT2D eigenvalue weighted by Crippen LogP contribution is -2.14. The molecular formula is C10H13NO4. The van der Waals surface area contributed by atoms with Crippen LogP contribution in [0.5, 0.6) is 5.75 Å². The summed E-state index contributed by atoms with van der Waals surface area (Å²) in [5, 5.41) is 17.9. The Bertz CT molecular complexity index is 362. The molecule has 5 heteroatoms. The number of nitrogen functional groups attached to an aromatic ring is 1. The number of ether oxygens (including phenoxy) is 1. The molecular weight excluding hydrogens is 198 g/mol. The number of aliphatic hydroxyl groups excluding tert-OH is 1. The first-order valence-electron chi connectivity index (χ1n) is 4.44. The second-order valence-electron chi connectivity index (χ2n) is 3.22. The first-order chi connectivity index (χ1) is 7.00. The molecule has 0 aromatic heterocycles. The van der Waals surface area contributed by atoms with Gasteiger partial charge in [0.2, 0.25) is 0 Å². The molecule has 4 N–H and O–H groups in total. The van der Waals surface area contributed by atoms with Crippen molar-refractivity contribution in [3.63, 3.8) is 0 Å². The lowest BCUT2D eigenvalue weighted by molar-refractivity contribution is 0.0686. The van der Waals surface area contributed by atoms with E-state index in [0.717, 1.165) is 0 Å². The largest absolute Gasteiger partial charge is 0.490 e. The Balaban J connectivity index is 2.91. The van der Waals surface area contributed by atoms with E-state index >= 15 is 0 Å². The second-order valence-corrected chi connectivity index (χ2v) is 3.22. The van der Waals surface area contributed by atoms with Crippen LogP contribution in [0.4, 0.5) is 5.69 Å². The van der Waals surface area contributed by atoms with Crippen molar-refractivity contribution < 1.29 is 19.7 Å². The molecule has 0 aliphatic heterocycles. The maximum absolute atomic E-state index is 10.8. The van der Waals surface area contributed by atoms with Crippen LogP contribution in [-0.4, -0.2) is 28.9 Å². The molecule has 1 rings (SSSR count). The number of nitrogens with two attached hydrogens (primary N) is 1. The van der Waals surface area contributed by atoms with Crippen molar-refractivity contribution in [1.82, 2.24) is 0 Å². The Kier molecular flexibility index (Phi) is 3.51. The standard InChI is InChI=1S/C10H13NO4/c1-6(12)5-15-9-3-2-7(11)4-8(9)10(13)14/h2-4,6,12H,5,11H2,1H3,(H,13,14). The highest BCUT2D eigenvalue weighted by Gasteiger charge is 2.12. The molecule has 0 radical (unpaired) electrons. The van der Waals surface area contributed by atoms with Gasteiger partial charge in [-0.15, -0.1) is 0 Å². The zero-order chi connectivity index (χ0) is 11.4. The summed E-state index contributed by atoms with van der Waals surface area (Å²) in [5.41, 5.74) is 5.81. The number of aliphatic hydroxyl groups is 1. The number of benzene rings is 1. The molecule has 1 unspecified atom stereocenters. The molecule has 1 aromatic rings. The maximum Gasteiger partial charge on any atom is 0.339 e. The first kappa shape index (κ1) is 11.3. The lowest BCUT2D eigenvalue weighted by atomic mass is 10.2. The normalized spacial score (nSPS) is 12.1. The number of carboxylic acid groups (broad SMARTS) is 1. The summed E-state index contributed by atoms with van der Waals surface area (Å²) in [6.07, 6.45) is -0.649. The van der Waals surface area contributed by atoms with Crippen molar-refractivity contribution >= 4 is 11.7 Å². The fourth-order valence-electron chi connectivity index (χ4n) is 1.05.